The first kappa shape index (κ1) is 17.2. The van der Waals surface area contributed by atoms with Crippen LogP contribution < -0.4 is 0 Å². The van der Waals surface area contributed by atoms with Gasteiger partial charge < -0.3 is 9.64 Å². The van der Waals surface area contributed by atoms with Crippen LogP contribution in [0.3, 0.4) is 0 Å². The number of rotatable bonds is 1. The third-order valence-corrected chi connectivity index (χ3v) is 3.14. The molecule has 1 saturated heterocycles. The van der Waals surface area contributed by atoms with E-state index in [0.717, 1.165) is 29.2 Å². The molecular formula is C15H12F5NO2. The first-order valence-electron chi connectivity index (χ1n) is 6.65. The highest BCUT2D eigenvalue weighted by Crippen LogP contribution is 2.29. The first-order valence-corrected chi connectivity index (χ1v) is 6.65. The second kappa shape index (κ2) is 6.54. The summed E-state index contributed by atoms with van der Waals surface area (Å²) in [7, 11) is 0. The van der Waals surface area contributed by atoms with Gasteiger partial charge >= 0.3 is 18.0 Å². The van der Waals surface area contributed by atoms with Gasteiger partial charge in [-0.25, -0.2) is 0 Å². The van der Waals surface area contributed by atoms with Crippen LogP contribution in [0.25, 0.3) is 0 Å². The average molecular weight is 333 g/mol. The van der Waals surface area contributed by atoms with Crippen LogP contribution in [-0.4, -0.2) is 43.0 Å². The van der Waals surface area contributed by atoms with Gasteiger partial charge in [-0.2, -0.15) is 22.0 Å². The summed E-state index contributed by atoms with van der Waals surface area (Å²) in [6, 6.07) is 3.44. The average Bonchev–Trinajstić information content (AvgIpc) is 2.53. The third kappa shape index (κ3) is 4.42. The van der Waals surface area contributed by atoms with Crippen molar-refractivity contribution < 1.29 is 31.5 Å². The van der Waals surface area contributed by atoms with E-state index >= 15 is 0 Å². The fourth-order valence-corrected chi connectivity index (χ4v) is 1.91. The van der Waals surface area contributed by atoms with Gasteiger partial charge in [-0.1, -0.05) is 5.92 Å². The number of benzene rings is 1. The van der Waals surface area contributed by atoms with Gasteiger partial charge in [0.25, 0.3) is 0 Å². The van der Waals surface area contributed by atoms with Crippen molar-refractivity contribution in [2.75, 3.05) is 26.3 Å². The maximum atomic E-state index is 13.8. The van der Waals surface area contributed by atoms with Gasteiger partial charge in [-0.05, 0) is 30.2 Å². The number of morpholine rings is 1. The molecule has 1 aromatic carbocycles. The maximum Gasteiger partial charge on any atom is 0.416 e. The van der Waals surface area contributed by atoms with Gasteiger partial charge in [0.2, 0.25) is 0 Å². The lowest BCUT2D eigenvalue weighted by atomic mass is 10.1. The molecule has 0 aromatic heterocycles. The lowest BCUT2D eigenvalue weighted by Gasteiger charge is -2.28. The van der Waals surface area contributed by atoms with Crippen molar-refractivity contribution in [2.45, 2.75) is 12.1 Å². The van der Waals surface area contributed by atoms with Gasteiger partial charge in [-0.3, -0.25) is 4.79 Å². The highest BCUT2D eigenvalue weighted by atomic mass is 19.4. The Balaban J connectivity index is 2.11. The van der Waals surface area contributed by atoms with Crippen molar-refractivity contribution in [2.24, 2.45) is 0 Å². The van der Waals surface area contributed by atoms with Crippen molar-refractivity contribution in [1.29, 1.82) is 0 Å². The minimum atomic E-state index is -4.51. The van der Waals surface area contributed by atoms with Gasteiger partial charge in [0.05, 0.1) is 18.8 Å². The number of hydrogen-bond donors (Lipinski definition) is 0. The van der Waals surface area contributed by atoms with E-state index in [1.807, 2.05) is 5.92 Å². The lowest BCUT2D eigenvalue weighted by Crippen LogP contribution is -2.48. The molecular weight excluding hydrogens is 321 g/mol. The van der Waals surface area contributed by atoms with Crippen molar-refractivity contribution in [3.63, 3.8) is 0 Å². The molecule has 1 aromatic rings. The topological polar surface area (TPSA) is 29.5 Å². The molecule has 0 bridgehead atoms. The summed E-state index contributed by atoms with van der Waals surface area (Å²) in [5.74, 6) is -1.76. The predicted molar refractivity (Wildman–Crippen MR) is 70.7 cm³/mol. The van der Waals surface area contributed by atoms with Crippen LogP contribution in [0, 0.1) is 11.8 Å². The normalized spacial score (nSPS) is 15.8. The Labute approximate surface area is 129 Å². The minimum Gasteiger partial charge on any atom is -0.378 e. The van der Waals surface area contributed by atoms with Crippen LogP contribution >= 0.6 is 0 Å². The second-order valence-corrected chi connectivity index (χ2v) is 4.80. The first-order chi connectivity index (χ1) is 10.7. The molecule has 2 rings (SSSR count). The van der Waals surface area contributed by atoms with Gasteiger partial charge in [0, 0.05) is 18.7 Å². The second-order valence-electron chi connectivity index (χ2n) is 4.80. The maximum absolute atomic E-state index is 13.8. The Hall–Kier alpha value is -2.14. The number of carbonyl (C=O) groups is 1. The molecule has 23 heavy (non-hydrogen) atoms. The molecule has 8 heteroatoms. The van der Waals surface area contributed by atoms with Crippen molar-refractivity contribution in [3.05, 3.63) is 35.4 Å². The van der Waals surface area contributed by atoms with Gasteiger partial charge in [-0.15, -0.1) is 0 Å². The smallest absolute Gasteiger partial charge is 0.378 e. The predicted octanol–water partition coefficient (Wildman–Crippen LogP) is 2.55. The number of halogens is 5. The molecule has 1 fully saturated rings. The number of hydrogen-bond acceptors (Lipinski definition) is 2. The van der Waals surface area contributed by atoms with Crippen LogP contribution in [-0.2, 0) is 15.7 Å². The van der Waals surface area contributed by atoms with E-state index in [0.29, 0.717) is 0 Å². The Kier molecular flexibility index (Phi) is 4.90. The lowest BCUT2D eigenvalue weighted by molar-refractivity contribution is -0.153. The summed E-state index contributed by atoms with van der Waals surface area (Å²) in [5.41, 5.74) is -0.938. The molecule has 0 spiro atoms. The fraction of sp³-hybridized carbons (Fsp3) is 0.400. The van der Waals surface area contributed by atoms with Gasteiger partial charge in [0.15, 0.2) is 0 Å². The molecule has 1 heterocycles. The van der Waals surface area contributed by atoms with E-state index in [9.17, 15) is 26.7 Å². The SMILES string of the molecule is O=C(N1CCOCC1)C(F)(F)C#Cc1ccc(C(F)(F)F)cc1. The summed E-state index contributed by atoms with van der Waals surface area (Å²) >= 11 is 0. The van der Waals surface area contributed by atoms with E-state index in [4.69, 9.17) is 4.74 Å². The van der Waals surface area contributed by atoms with E-state index in [-0.39, 0.29) is 31.9 Å². The molecule has 124 valence electrons. The van der Waals surface area contributed by atoms with E-state index in [1.165, 1.54) is 5.92 Å². The third-order valence-electron chi connectivity index (χ3n) is 3.14. The standard InChI is InChI=1S/C15H12F5NO2/c16-14(17,13(22)21-7-9-23-10-8-21)6-5-11-1-3-12(4-2-11)15(18,19)20/h1-4H,7-10H2. The summed E-state index contributed by atoms with van der Waals surface area (Å²) in [6.07, 6.45) is -4.51. The Morgan fingerprint density at radius 1 is 1.04 bits per heavy atom. The van der Waals surface area contributed by atoms with Crippen LogP contribution in [0.4, 0.5) is 22.0 Å². The van der Waals surface area contributed by atoms with Gasteiger partial charge in [0.1, 0.15) is 0 Å². The van der Waals surface area contributed by atoms with Crippen LogP contribution in [0.5, 0.6) is 0 Å². The zero-order valence-electron chi connectivity index (χ0n) is 11.8. The number of alkyl halides is 5. The largest absolute Gasteiger partial charge is 0.416 e. The molecule has 0 radical (unpaired) electrons. The molecule has 0 aliphatic carbocycles. The Bertz CT molecular complexity index is 622. The molecule has 1 aliphatic rings. The van der Waals surface area contributed by atoms with Crippen molar-refractivity contribution in [3.8, 4) is 11.8 Å². The highest BCUT2D eigenvalue weighted by molar-refractivity contribution is 5.87. The monoisotopic (exact) mass is 333 g/mol. The number of nitrogens with zero attached hydrogens (tertiary/aromatic N) is 1. The number of ether oxygens (including phenoxy) is 1. The number of amides is 1. The molecule has 1 amide bonds. The van der Waals surface area contributed by atoms with Crippen LogP contribution in [0.1, 0.15) is 11.1 Å². The van der Waals surface area contributed by atoms with E-state index in [2.05, 4.69) is 0 Å². The van der Waals surface area contributed by atoms with E-state index in [1.54, 1.807) is 0 Å². The number of carbonyl (C=O) groups excluding carboxylic acids is 1. The van der Waals surface area contributed by atoms with Crippen LogP contribution in [0.2, 0.25) is 0 Å². The fourth-order valence-electron chi connectivity index (χ4n) is 1.91. The minimum absolute atomic E-state index is 0.0348. The molecule has 3 nitrogen and oxygen atoms in total. The Morgan fingerprint density at radius 2 is 1.61 bits per heavy atom. The summed E-state index contributed by atoms with van der Waals surface area (Å²) in [6.45, 7) is 0.453. The molecule has 0 unspecified atom stereocenters. The molecule has 0 saturated carbocycles. The molecule has 0 atom stereocenters. The highest BCUT2D eigenvalue weighted by Gasteiger charge is 2.40. The molecule has 1 aliphatic heterocycles. The van der Waals surface area contributed by atoms with Crippen LogP contribution in [0.15, 0.2) is 24.3 Å². The summed E-state index contributed by atoms with van der Waals surface area (Å²) in [4.78, 5) is 12.6. The Morgan fingerprint density at radius 3 is 2.13 bits per heavy atom. The quantitative estimate of drug-likeness (QED) is 0.584. The summed E-state index contributed by atoms with van der Waals surface area (Å²) < 4.78 is 69.7. The van der Waals surface area contributed by atoms with E-state index < -0.39 is 23.6 Å². The zero-order valence-corrected chi connectivity index (χ0v) is 11.8. The molecule has 0 N–H and O–H groups in total. The zero-order chi connectivity index (χ0) is 17.1. The van der Waals surface area contributed by atoms with Crippen molar-refractivity contribution >= 4 is 5.91 Å². The summed E-state index contributed by atoms with van der Waals surface area (Å²) in [5, 5.41) is 0. The van der Waals surface area contributed by atoms with Crippen molar-refractivity contribution in [1.82, 2.24) is 4.90 Å².